The van der Waals surface area contributed by atoms with Gasteiger partial charge in [0.1, 0.15) is 11.6 Å². The van der Waals surface area contributed by atoms with Gasteiger partial charge in [-0.05, 0) is 61.9 Å². The summed E-state index contributed by atoms with van der Waals surface area (Å²) in [5.74, 6) is -0.227. The van der Waals surface area contributed by atoms with E-state index in [4.69, 9.17) is 20.6 Å². The number of hydrogen-bond acceptors (Lipinski definition) is 5. The first kappa shape index (κ1) is 22.8. The van der Waals surface area contributed by atoms with Gasteiger partial charge < -0.3 is 20.1 Å². The second-order valence-electron chi connectivity index (χ2n) is 6.65. The van der Waals surface area contributed by atoms with Gasteiger partial charge in [0.2, 0.25) is 5.91 Å². The molecule has 0 spiro atoms. The molecular formula is C23H27N3O4. The standard InChI is InChI=1S/C23H27N3O4/c1-4-26(13-14-29-3)22(27)16(2)15-17-5-7-19(8-6-17)23(28)30-20-11-9-18(10-12-20)21(24)25/h5-12,15H,4,13-14H2,1-3H3,(H3,24,25)/b16-15+. The summed E-state index contributed by atoms with van der Waals surface area (Å²) in [5.41, 5.74) is 7.77. The molecule has 0 heterocycles. The lowest BCUT2D eigenvalue weighted by Gasteiger charge is -2.20. The van der Waals surface area contributed by atoms with Gasteiger partial charge in [-0.15, -0.1) is 0 Å². The normalized spacial score (nSPS) is 11.1. The lowest BCUT2D eigenvalue weighted by Crippen LogP contribution is -2.34. The summed E-state index contributed by atoms with van der Waals surface area (Å²) < 4.78 is 10.4. The van der Waals surface area contributed by atoms with Crippen molar-refractivity contribution in [1.82, 2.24) is 4.90 Å². The van der Waals surface area contributed by atoms with Crippen molar-refractivity contribution in [3.63, 3.8) is 0 Å². The average molecular weight is 409 g/mol. The number of benzene rings is 2. The van der Waals surface area contributed by atoms with Crippen molar-refractivity contribution in [3.05, 3.63) is 70.8 Å². The Hall–Kier alpha value is -3.45. The van der Waals surface area contributed by atoms with Crippen LogP contribution in [-0.4, -0.2) is 49.4 Å². The first-order valence-electron chi connectivity index (χ1n) is 9.59. The van der Waals surface area contributed by atoms with E-state index in [2.05, 4.69) is 0 Å². The molecule has 7 heteroatoms. The maximum Gasteiger partial charge on any atom is 0.343 e. The van der Waals surface area contributed by atoms with Crippen molar-refractivity contribution in [1.29, 1.82) is 5.41 Å². The predicted octanol–water partition coefficient (Wildman–Crippen LogP) is 3.09. The third-order valence-corrected chi connectivity index (χ3v) is 4.48. The molecule has 30 heavy (non-hydrogen) atoms. The van der Waals surface area contributed by atoms with Crippen LogP contribution in [0.1, 0.15) is 35.3 Å². The van der Waals surface area contributed by atoms with Crippen LogP contribution in [-0.2, 0) is 9.53 Å². The van der Waals surface area contributed by atoms with Crippen LogP contribution < -0.4 is 10.5 Å². The lowest BCUT2D eigenvalue weighted by atomic mass is 10.1. The molecule has 2 aromatic carbocycles. The molecule has 0 saturated heterocycles. The zero-order chi connectivity index (χ0) is 22.1. The third-order valence-electron chi connectivity index (χ3n) is 4.48. The van der Waals surface area contributed by atoms with E-state index in [1.54, 1.807) is 73.5 Å². The fourth-order valence-electron chi connectivity index (χ4n) is 2.75. The number of rotatable bonds is 9. The minimum atomic E-state index is -0.495. The number of nitrogen functional groups attached to an aromatic ring is 1. The van der Waals surface area contributed by atoms with Gasteiger partial charge in [0, 0.05) is 31.3 Å². The Labute approximate surface area is 176 Å². The molecule has 158 valence electrons. The largest absolute Gasteiger partial charge is 0.423 e. The minimum Gasteiger partial charge on any atom is -0.423 e. The van der Waals surface area contributed by atoms with Crippen LogP contribution in [0.2, 0.25) is 0 Å². The van der Waals surface area contributed by atoms with E-state index < -0.39 is 5.97 Å². The van der Waals surface area contributed by atoms with E-state index in [0.29, 0.717) is 42.1 Å². The van der Waals surface area contributed by atoms with Crippen LogP contribution in [0, 0.1) is 5.41 Å². The van der Waals surface area contributed by atoms with Crippen LogP contribution in [0.5, 0.6) is 5.75 Å². The van der Waals surface area contributed by atoms with Crippen molar-refractivity contribution in [2.24, 2.45) is 5.73 Å². The number of carbonyl (C=O) groups is 2. The highest BCUT2D eigenvalue weighted by atomic mass is 16.5. The maximum atomic E-state index is 12.5. The molecule has 0 radical (unpaired) electrons. The van der Waals surface area contributed by atoms with Gasteiger partial charge in [0.15, 0.2) is 0 Å². The molecular weight excluding hydrogens is 382 g/mol. The highest BCUT2D eigenvalue weighted by molar-refractivity contribution is 5.97. The predicted molar refractivity (Wildman–Crippen MR) is 117 cm³/mol. The van der Waals surface area contributed by atoms with Crippen LogP contribution >= 0.6 is 0 Å². The Kier molecular flexibility index (Phi) is 8.31. The molecule has 0 fully saturated rings. The van der Waals surface area contributed by atoms with Gasteiger partial charge in [-0.25, -0.2) is 4.79 Å². The highest BCUT2D eigenvalue weighted by Crippen LogP contribution is 2.16. The summed E-state index contributed by atoms with van der Waals surface area (Å²) in [7, 11) is 1.61. The monoisotopic (exact) mass is 409 g/mol. The van der Waals surface area contributed by atoms with E-state index in [0.717, 1.165) is 5.56 Å². The smallest absolute Gasteiger partial charge is 0.343 e. The van der Waals surface area contributed by atoms with Gasteiger partial charge >= 0.3 is 5.97 Å². The van der Waals surface area contributed by atoms with E-state index in [1.165, 1.54) is 0 Å². The van der Waals surface area contributed by atoms with Crippen molar-refractivity contribution < 1.29 is 19.1 Å². The fourth-order valence-corrected chi connectivity index (χ4v) is 2.75. The SMILES string of the molecule is CCN(CCOC)C(=O)/C(C)=C/c1ccc(C(=O)Oc2ccc(C(=N)N)cc2)cc1. The number of esters is 1. The summed E-state index contributed by atoms with van der Waals surface area (Å²) in [6, 6.07) is 13.2. The second kappa shape index (κ2) is 10.9. The summed E-state index contributed by atoms with van der Waals surface area (Å²) in [6.45, 7) is 5.32. The van der Waals surface area contributed by atoms with E-state index in [1.807, 2.05) is 6.92 Å². The second-order valence-corrected chi connectivity index (χ2v) is 6.65. The number of nitrogens with zero attached hydrogens (tertiary/aromatic N) is 1. The van der Waals surface area contributed by atoms with Crippen molar-refractivity contribution >= 4 is 23.8 Å². The molecule has 2 rings (SSSR count). The fraction of sp³-hybridized carbons (Fsp3) is 0.261. The Morgan fingerprint density at radius 2 is 1.67 bits per heavy atom. The molecule has 0 aliphatic heterocycles. The summed E-state index contributed by atoms with van der Waals surface area (Å²) in [4.78, 5) is 26.6. The number of methoxy groups -OCH3 is 1. The van der Waals surface area contributed by atoms with Crippen LogP contribution in [0.3, 0.4) is 0 Å². The zero-order valence-corrected chi connectivity index (χ0v) is 17.5. The molecule has 0 unspecified atom stereocenters. The number of nitrogens with two attached hydrogens (primary N) is 1. The van der Waals surface area contributed by atoms with Crippen LogP contribution in [0.15, 0.2) is 54.1 Å². The zero-order valence-electron chi connectivity index (χ0n) is 17.5. The molecule has 0 aliphatic carbocycles. The lowest BCUT2D eigenvalue weighted by molar-refractivity contribution is -0.127. The molecule has 1 amide bonds. The molecule has 7 nitrogen and oxygen atoms in total. The van der Waals surface area contributed by atoms with Gasteiger partial charge in [-0.2, -0.15) is 0 Å². The number of amides is 1. The Morgan fingerprint density at radius 1 is 1.07 bits per heavy atom. The number of carbonyl (C=O) groups excluding carboxylic acids is 2. The molecule has 2 aromatic rings. The Morgan fingerprint density at radius 3 is 2.20 bits per heavy atom. The highest BCUT2D eigenvalue weighted by Gasteiger charge is 2.13. The van der Waals surface area contributed by atoms with Gasteiger partial charge in [-0.1, -0.05) is 12.1 Å². The molecule has 0 bridgehead atoms. The summed E-state index contributed by atoms with van der Waals surface area (Å²) in [5, 5.41) is 7.38. The first-order chi connectivity index (χ1) is 14.3. The maximum absolute atomic E-state index is 12.5. The van der Waals surface area contributed by atoms with Crippen LogP contribution in [0.25, 0.3) is 6.08 Å². The van der Waals surface area contributed by atoms with Gasteiger partial charge in [-0.3, -0.25) is 10.2 Å². The average Bonchev–Trinajstić information content (AvgIpc) is 2.74. The number of likely N-dealkylation sites (N-methyl/N-ethyl adjacent to an activating group) is 1. The van der Waals surface area contributed by atoms with Crippen molar-refractivity contribution in [2.75, 3.05) is 26.8 Å². The van der Waals surface area contributed by atoms with Crippen LogP contribution in [0.4, 0.5) is 0 Å². The Balaban J connectivity index is 2.04. The first-order valence-corrected chi connectivity index (χ1v) is 9.59. The third kappa shape index (κ3) is 6.28. The van der Waals surface area contributed by atoms with E-state index >= 15 is 0 Å². The van der Waals surface area contributed by atoms with Crippen molar-refractivity contribution in [2.45, 2.75) is 13.8 Å². The molecule has 0 aliphatic rings. The topological polar surface area (TPSA) is 106 Å². The molecule has 3 N–H and O–H groups in total. The van der Waals surface area contributed by atoms with Gasteiger partial charge in [0.05, 0.1) is 12.2 Å². The minimum absolute atomic E-state index is 0.0490. The number of nitrogens with one attached hydrogen (secondary N) is 1. The number of ether oxygens (including phenoxy) is 2. The van der Waals surface area contributed by atoms with Gasteiger partial charge in [0.25, 0.3) is 0 Å². The van der Waals surface area contributed by atoms with Crippen molar-refractivity contribution in [3.8, 4) is 5.75 Å². The molecule has 0 saturated carbocycles. The van der Waals surface area contributed by atoms with E-state index in [9.17, 15) is 9.59 Å². The summed E-state index contributed by atoms with van der Waals surface area (Å²) >= 11 is 0. The Bertz CT molecular complexity index is 918. The molecule has 0 aromatic heterocycles. The molecule has 0 atom stereocenters. The quantitative estimate of drug-likeness (QED) is 0.218. The number of hydrogen-bond donors (Lipinski definition) is 2. The number of amidine groups is 1. The van der Waals surface area contributed by atoms with E-state index in [-0.39, 0.29) is 11.7 Å². The summed E-state index contributed by atoms with van der Waals surface area (Å²) in [6.07, 6.45) is 1.79.